The van der Waals surface area contributed by atoms with Crippen molar-refractivity contribution in [3.63, 3.8) is 0 Å². The molecule has 1 aromatic carbocycles. The molecule has 0 fully saturated rings. The molecule has 5 heteroatoms. The van der Waals surface area contributed by atoms with E-state index in [9.17, 15) is 9.90 Å². The predicted octanol–water partition coefficient (Wildman–Crippen LogP) is 2.95. The van der Waals surface area contributed by atoms with E-state index in [1.807, 2.05) is 13.8 Å². The Bertz CT molecular complexity index is 444. The van der Waals surface area contributed by atoms with Crippen LogP contribution in [-0.2, 0) is 4.74 Å². The Labute approximate surface area is 118 Å². The topological polar surface area (TPSA) is 58.6 Å². The van der Waals surface area contributed by atoms with Crippen molar-refractivity contribution >= 4 is 23.3 Å². The molecule has 0 aliphatic carbocycles. The van der Waals surface area contributed by atoms with E-state index in [2.05, 4.69) is 10.1 Å². The third-order valence-corrected chi connectivity index (χ3v) is 3.66. The average Bonchev–Trinajstić information content (AvgIpc) is 2.45. The Balaban J connectivity index is 2.86. The molecule has 2 N–H and O–H groups in total. The molecule has 0 saturated carbocycles. The van der Waals surface area contributed by atoms with E-state index in [0.29, 0.717) is 22.8 Å². The summed E-state index contributed by atoms with van der Waals surface area (Å²) in [5, 5.41) is 13.1. The van der Waals surface area contributed by atoms with Crippen LogP contribution < -0.4 is 5.32 Å². The summed E-state index contributed by atoms with van der Waals surface area (Å²) in [5.41, 5.74) is 0.888. The highest BCUT2D eigenvalue weighted by Crippen LogP contribution is 2.26. The summed E-state index contributed by atoms with van der Waals surface area (Å²) in [5.74, 6) is -0.403. The van der Waals surface area contributed by atoms with E-state index >= 15 is 0 Å². The molecular formula is C14H20ClNO3. The lowest BCUT2D eigenvalue weighted by Gasteiger charge is -2.26. The third-order valence-electron chi connectivity index (χ3n) is 3.33. The molecule has 0 amide bonds. The molecule has 1 atom stereocenters. The maximum Gasteiger partial charge on any atom is 0.337 e. The van der Waals surface area contributed by atoms with Gasteiger partial charge in [-0.25, -0.2) is 4.79 Å². The fourth-order valence-corrected chi connectivity index (χ4v) is 1.69. The number of halogens is 1. The van der Waals surface area contributed by atoms with Crippen LogP contribution in [0.4, 0.5) is 5.69 Å². The van der Waals surface area contributed by atoms with Gasteiger partial charge in [0, 0.05) is 12.0 Å². The van der Waals surface area contributed by atoms with Gasteiger partial charge in [0.15, 0.2) is 0 Å². The molecule has 0 aliphatic heterocycles. The summed E-state index contributed by atoms with van der Waals surface area (Å²) >= 11 is 6.08. The molecule has 0 aliphatic rings. The molecule has 1 rings (SSSR count). The van der Waals surface area contributed by atoms with Crippen molar-refractivity contribution < 1.29 is 14.6 Å². The van der Waals surface area contributed by atoms with Crippen molar-refractivity contribution in [2.75, 3.05) is 25.6 Å². The zero-order chi connectivity index (χ0) is 14.5. The van der Waals surface area contributed by atoms with E-state index in [1.165, 1.54) is 7.11 Å². The first-order valence-corrected chi connectivity index (χ1v) is 6.56. The van der Waals surface area contributed by atoms with Gasteiger partial charge >= 0.3 is 5.97 Å². The second-order valence-electron chi connectivity index (χ2n) is 4.86. The van der Waals surface area contributed by atoms with Crippen LogP contribution in [0.25, 0.3) is 0 Å². The van der Waals surface area contributed by atoms with Gasteiger partial charge in [-0.05, 0) is 24.6 Å². The molecular weight excluding hydrogens is 266 g/mol. The molecule has 106 valence electrons. The molecule has 0 spiro atoms. The highest BCUT2D eigenvalue weighted by atomic mass is 35.5. The minimum absolute atomic E-state index is 0.0881. The van der Waals surface area contributed by atoms with E-state index in [1.54, 1.807) is 18.2 Å². The molecule has 19 heavy (non-hydrogen) atoms. The van der Waals surface area contributed by atoms with Gasteiger partial charge < -0.3 is 15.2 Å². The summed E-state index contributed by atoms with van der Waals surface area (Å²) < 4.78 is 4.67. The lowest BCUT2D eigenvalue weighted by molar-refractivity contribution is 0.0601. The van der Waals surface area contributed by atoms with Crippen molar-refractivity contribution in [1.29, 1.82) is 0 Å². The second-order valence-corrected chi connectivity index (χ2v) is 5.27. The van der Waals surface area contributed by atoms with E-state index in [-0.39, 0.29) is 12.0 Å². The van der Waals surface area contributed by atoms with Crippen LogP contribution in [-0.4, -0.2) is 31.3 Å². The largest absolute Gasteiger partial charge is 0.465 e. The standard InChI is InChI=1S/C14H20ClNO3/c1-4-14(2,9-17)8-16-12-7-10(13(18)19-3)5-6-11(12)15/h5-7,16-17H,4,8-9H2,1-3H3. The number of aliphatic hydroxyl groups excluding tert-OH is 1. The van der Waals surface area contributed by atoms with Gasteiger partial charge in [0.2, 0.25) is 0 Å². The smallest absolute Gasteiger partial charge is 0.337 e. The van der Waals surface area contributed by atoms with Crippen LogP contribution in [0.5, 0.6) is 0 Å². The summed E-state index contributed by atoms with van der Waals surface area (Å²) in [6, 6.07) is 4.92. The maximum atomic E-state index is 11.5. The quantitative estimate of drug-likeness (QED) is 0.789. The Kier molecular flexibility index (Phi) is 5.63. The zero-order valence-corrected chi connectivity index (χ0v) is 12.3. The Morgan fingerprint density at radius 3 is 2.74 bits per heavy atom. The number of methoxy groups -OCH3 is 1. The number of aliphatic hydroxyl groups is 1. The van der Waals surface area contributed by atoms with Gasteiger partial charge in [-0.2, -0.15) is 0 Å². The molecule has 0 heterocycles. The lowest BCUT2D eigenvalue weighted by Crippen LogP contribution is -2.29. The minimum Gasteiger partial charge on any atom is -0.465 e. The number of rotatable bonds is 6. The highest BCUT2D eigenvalue weighted by molar-refractivity contribution is 6.33. The van der Waals surface area contributed by atoms with Crippen LogP contribution in [0.1, 0.15) is 30.6 Å². The normalized spacial score (nSPS) is 13.7. The number of hydrogen-bond acceptors (Lipinski definition) is 4. The SMILES string of the molecule is CCC(C)(CO)CNc1cc(C(=O)OC)ccc1Cl. The van der Waals surface area contributed by atoms with Crippen molar-refractivity contribution in [2.45, 2.75) is 20.3 Å². The maximum absolute atomic E-state index is 11.5. The molecule has 1 unspecified atom stereocenters. The number of esters is 1. The van der Waals surface area contributed by atoms with Gasteiger partial charge in [-0.1, -0.05) is 25.4 Å². The highest BCUT2D eigenvalue weighted by Gasteiger charge is 2.21. The first-order chi connectivity index (χ1) is 8.95. The minimum atomic E-state index is -0.403. The summed E-state index contributed by atoms with van der Waals surface area (Å²) in [4.78, 5) is 11.5. The molecule has 0 radical (unpaired) electrons. The van der Waals surface area contributed by atoms with Gasteiger partial charge in [0.05, 0.1) is 30.0 Å². The average molecular weight is 286 g/mol. The molecule has 0 bridgehead atoms. The molecule has 0 saturated heterocycles. The van der Waals surface area contributed by atoms with Crippen molar-refractivity contribution in [1.82, 2.24) is 0 Å². The van der Waals surface area contributed by atoms with Gasteiger partial charge in [0.25, 0.3) is 0 Å². The number of hydrogen-bond donors (Lipinski definition) is 2. The summed E-state index contributed by atoms with van der Waals surface area (Å²) in [7, 11) is 1.34. The first-order valence-electron chi connectivity index (χ1n) is 6.18. The van der Waals surface area contributed by atoms with Gasteiger partial charge in [-0.15, -0.1) is 0 Å². The molecule has 4 nitrogen and oxygen atoms in total. The first kappa shape index (κ1) is 15.8. The Hall–Kier alpha value is -1.26. The van der Waals surface area contributed by atoms with Crippen molar-refractivity contribution in [2.24, 2.45) is 5.41 Å². The number of carbonyl (C=O) groups excluding carboxylic acids is 1. The predicted molar refractivity (Wildman–Crippen MR) is 76.8 cm³/mol. The van der Waals surface area contributed by atoms with E-state index in [4.69, 9.17) is 11.6 Å². The lowest BCUT2D eigenvalue weighted by atomic mass is 9.88. The number of ether oxygens (including phenoxy) is 1. The fourth-order valence-electron chi connectivity index (χ4n) is 1.51. The number of anilines is 1. The monoisotopic (exact) mass is 285 g/mol. The number of nitrogens with one attached hydrogen (secondary N) is 1. The van der Waals surface area contributed by atoms with Gasteiger partial charge in [0.1, 0.15) is 0 Å². The second kappa shape index (κ2) is 6.78. The van der Waals surface area contributed by atoms with Crippen LogP contribution in [0.15, 0.2) is 18.2 Å². The van der Waals surface area contributed by atoms with Crippen molar-refractivity contribution in [3.8, 4) is 0 Å². The van der Waals surface area contributed by atoms with Crippen LogP contribution in [0.2, 0.25) is 5.02 Å². The molecule has 0 aromatic heterocycles. The van der Waals surface area contributed by atoms with E-state index in [0.717, 1.165) is 6.42 Å². The van der Waals surface area contributed by atoms with Crippen molar-refractivity contribution in [3.05, 3.63) is 28.8 Å². The Morgan fingerprint density at radius 2 is 2.21 bits per heavy atom. The summed E-state index contributed by atoms with van der Waals surface area (Å²) in [6.07, 6.45) is 0.838. The Morgan fingerprint density at radius 1 is 1.53 bits per heavy atom. The van der Waals surface area contributed by atoms with Gasteiger partial charge in [-0.3, -0.25) is 0 Å². The van der Waals surface area contributed by atoms with E-state index < -0.39 is 5.97 Å². The third kappa shape index (κ3) is 4.11. The summed E-state index contributed by atoms with van der Waals surface area (Å²) in [6.45, 7) is 4.66. The molecule has 1 aromatic rings. The number of benzene rings is 1. The zero-order valence-electron chi connectivity index (χ0n) is 11.5. The number of carbonyl (C=O) groups is 1. The van der Waals surface area contributed by atoms with Crippen LogP contribution in [0, 0.1) is 5.41 Å². The van der Waals surface area contributed by atoms with Crippen LogP contribution in [0.3, 0.4) is 0 Å². The fraction of sp³-hybridized carbons (Fsp3) is 0.500. The van der Waals surface area contributed by atoms with Crippen LogP contribution >= 0.6 is 11.6 Å².